The maximum atomic E-state index is 10.5. The molecule has 5 nitrogen and oxygen atoms in total. The van der Waals surface area contributed by atoms with Crippen molar-refractivity contribution in [2.24, 2.45) is 7.05 Å². The van der Waals surface area contributed by atoms with Crippen molar-refractivity contribution < 1.29 is 9.53 Å². The van der Waals surface area contributed by atoms with Crippen LogP contribution in [0, 0.1) is 6.92 Å². The molecule has 0 saturated carbocycles. The molecule has 0 aliphatic heterocycles. The Morgan fingerprint density at radius 2 is 2.28 bits per heavy atom. The number of pyridine rings is 1. The zero-order chi connectivity index (χ0) is 13.1. The van der Waals surface area contributed by atoms with E-state index < -0.39 is 0 Å². The number of ether oxygens (including phenoxy) is 1. The average Bonchev–Trinajstić information content (AvgIpc) is 2.62. The third-order valence-electron chi connectivity index (χ3n) is 2.52. The van der Waals surface area contributed by atoms with Gasteiger partial charge in [-0.1, -0.05) is 0 Å². The molecule has 0 atom stereocenters. The van der Waals surface area contributed by atoms with Crippen molar-refractivity contribution in [2.45, 2.75) is 13.5 Å². The normalized spacial score (nSPS) is 10.4. The van der Waals surface area contributed by atoms with Crippen LogP contribution in [0.25, 0.3) is 0 Å². The zero-order valence-electron chi connectivity index (χ0n) is 10.1. The van der Waals surface area contributed by atoms with E-state index in [2.05, 4.69) is 26.0 Å². The van der Waals surface area contributed by atoms with Gasteiger partial charge in [0.2, 0.25) is 0 Å². The molecule has 6 heteroatoms. The standard InChI is InChI=1S/C12H12BrN3O2/c1-8-12(13)11(16(2)15-8)7-18-10-4-3-9(6-17)14-5-10/h3-6H,7H2,1-2H3. The van der Waals surface area contributed by atoms with Crippen molar-refractivity contribution in [1.82, 2.24) is 14.8 Å². The summed E-state index contributed by atoms with van der Waals surface area (Å²) >= 11 is 3.47. The lowest BCUT2D eigenvalue weighted by atomic mass is 10.3. The number of hydrogen-bond acceptors (Lipinski definition) is 4. The van der Waals surface area contributed by atoms with Crippen molar-refractivity contribution in [3.63, 3.8) is 0 Å². The second kappa shape index (κ2) is 5.30. The van der Waals surface area contributed by atoms with Crippen LogP contribution in [0.15, 0.2) is 22.8 Å². The topological polar surface area (TPSA) is 57.0 Å². The van der Waals surface area contributed by atoms with Crippen LogP contribution in [-0.4, -0.2) is 21.1 Å². The van der Waals surface area contributed by atoms with Gasteiger partial charge in [-0.3, -0.25) is 9.48 Å². The number of aldehydes is 1. The summed E-state index contributed by atoms with van der Waals surface area (Å²) in [4.78, 5) is 14.4. The number of aromatic nitrogens is 3. The molecular formula is C12H12BrN3O2. The van der Waals surface area contributed by atoms with E-state index in [0.29, 0.717) is 24.3 Å². The quantitative estimate of drug-likeness (QED) is 0.813. The van der Waals surface area contributed by atoms with Gasteiger partial charge in [0.1, 0.15) is 18.1 Å². The average molecular weight is 310 g/mol. The maximum absolute atomic E-state index is 10.5. The third kappa shape index (κ3) is 2.59. The molecule has 0 aromatic carbocycles. The van der Waals surface area contributed by atoms with Crippen LogP contribution in [-0.2, 0) is 13.7 Å². The first-order valence-electron chi connectivity index (χ1n) is 5.34. The van der Waals surface area contributed by atoms with Crippen molar-refractivity contribution in [2.75, 3.05) is 0 Å². The Kier molecular flexibility index (Phi) is 3.76. The third-order valence-corrected chi connectivity index (χ3v) is 3.55. The van der Waals surface area contributed by atoms with E-state index in [9.17, 15) is 4.79 Å². The predicted molar refractivity (Wildman–Crippen MR) is 69.6 cm³/mol. The number of aryl methyl sites for hydroxylation is 2. The van der Waals surface area contributed by atoms with Crippen LogP contribution in [0.2, 0.25) is 0 Å². The first-order valence-corrected chi connectivity index (χ1v) is 6.13. The highest BCUT2D eigenvalue weighted by atomic mass is 79.9. The summed E-state index contributed by atoms with van der Waals surface area (Å²) in [6.45, 7) is 2.31. The van der Waals surface area contributed by atoms with Crippen LogP contribution in [0.3, 0.4) is 0 Å². The smallest absolute Gasteiger partial charge is 0.168 e. The maximum Gasteiger partial charge on any atom is 0.168 e. The number of rotatable bonds is 4. The van der Waals surface area contributed by atoms with Crippen LogP contribution in [0.4, 0.5) is 0 Å². The molecule has 0 aliphatic carbocycles. The van der Waals surface area contributed by atoms with E-state index in [4.69, 9.17) is 4.74 Å². The molecule has 94 valence electrons. The molecule has 0 radical (unpaired) electrons. The van der Waals surface area contributed by atoms with Gasteiger partial charge in [0.05, 0.1) is 22.1 Å². The molecule has 0 aliphatic rings. The van der Waals surface area contributed by atoms with Gasteiger partial charge in [0.15, 0.2) is 6.29 Å². The fraction of sp³-hybridized carbons (Fsp3) is 0.250. The summed E-state index contributed by atoms with van der Waals surface area (Å²) in [5, 5.41) is 4.28. The second-order valence-corrected chi connectivity index (χ2v) is 4.59. The number of carbonyl (C=O) groups excluding carboxylic acids is 1. The monoisotopic (exact) mass is 309 g/mol. The van der Waals surface area contributed by atoms with Gasteiger partial charge in [-0.25, -0.2) is 4.98 Å². The molecule has 2 heterocycles. The SMILES string of the molecule is Cc1nn(C)c(COc2ccc(C=O)nc2)c1Br. The van der Waals surface area contributed by atoms with Crippen LogP contribution in [0.1, 0.15) is 21.9 Å². The van der Waals surface area contributed by atoms with Crippen LogP contribution < -0.4 is 4.74 Å². The fourth-order valence-corrected chi connectivity index (χ4v) is 1.99. The summed E-state index contributed by atoms with van der Waals surface area (Å²) in [5.74, 6) is 0.617. The molecule has 0 saturated heterocycles. The van der Waals surface area contributed by atoms with Crippen molar-refractivity contribution in [1.29, 1.82) is 0 Å². The van der Waals surface area contributed by atoms with E-state index in [1.54, 1.807) is 16.8 Å². The Morgan fingerprint density at radius 3 is 2.78 bits per heavy atom. The molecule has 18 heavy (non-hydrogen) atoms. The number of halogens is 1. The van der Waals surface area contributed by atoms with Crippen LogP contribution in [0.5, 0.6) is 5.75 Å². The minimum Gasteiger partial charge on any atom is -0.486 e. The predicted octanol–water partition coefficient (Wildman–Crippen LogP) is 2.28. The lowest BCUT2D eigenvalue weighted by molar-refractivity contribution is 0.111. The first-order chi connectivity index (χ1) is 8.61. The summed E-state index contributed by atoms with van der Waals surface area (Å²) in [6.07, 6.45) is 2.23. The summed E-state index contributed by atoms with van der Waals surface area (Å²) < 4.78 is 8.31. The molecular weight excluding hydrogens is 298 g/mol. The summed E-state index contributed by atoms with van der Waals surface area (Å²) in [6, 6.07) is 3.33. The molecule has 2 aromatic rings. The largest absolute Gasteiger partial charge is 0.486 e. The Bertz CT molecular complexity index is 563. The number of nitrogens with zero attached hydrogens (tertiary/aromatic N) is 3. The number of hydrogen-bond donors (Lipinski definition) is 0. The van der Waals surface area contributed by atoms with Crippen molar-refractivity contribution in [3.05, 3.63) is 39.9 Å². The Balaban J connectivity index is 2.08. The number of carbonyl (C=O) groups is 1. The Labute approximate surface area is 113 Å². The molecule has 0 amide bonds. The van der Waals surface area contributed by atoms with E-state index in [1.165, 1.54) is 6.20 Å². The molecule has 2 aromatic heterocycles. The van der Waals surface area contributed by atoms with Crippen molar-refractivity contribution >= 4 is 22.2 Å². The lowest BCUT2D eigenvalue weighted by Gasteiger charge is -2.06. The van der Waals surface area contributed by atoms with Gasteiger partial charge in [-0.15, -0.1) is 0 Å². The van der Waals surface area contributed by atoms with Gasteiger partial charge >= 0.3 is 0 Å². The van der Waals surface area contributed by atoms with Crippen LogP contribution >= 0.6 is 15.9 Å². The Hall–Kier alpha value is -1.69. The molecule has 0 unspecified atom stereocenters. The van der Waals surface area contributed by atoms with E-state index in [0.717, 1.165) is 15.9 Å². The van der Waals surface area contributed by atoms with Gasteiger partial charge in [0.25, 0.3) is 0 Å². The first kappa shape index (κ1) is 12.8. The van der Waals surface area contributed by atoms with Gasteiger partial charge in [0, 0.05) is 7.05 Å². The highest BCUT2D eigenvalue weighted by Gasteiger charge is 2.11. The van der Waals surface area contributed by atoms with E-state index in [-0.39, 0.29) is 0 Å². The molecule has 2 rings (SSSR count). The van der Waals surface area contributed by atoms with Gasteiger partial charge < -0.3 is 4.74 Å². The highest BCUT2D eigenvalue weighted by Crippen LogP contribution is 2.21. The molecule has 0 fully saturated rings. The zero-order valence-corrected chi connectivity index (χ0v) is 11.6. The van der Waals surface area contributed by atoms with Crippen molar-refractivity contribution in [3.8, 4) is 5.75 Å². The second-order valence-electron chi connectivity index (χ2n) is 3.79. The van der Waals surface area contributed by atoms with E-state index >= 15 is 0 Å². The summed E-state index contributed by atoms with van der Waals surface area (Å²) in [5.41, 5.74) is 2.26. The van der Waals surface area contributed by atoms with Gasteiger partial charge in [-0.05, 0) is 35.0 Å². The van der Waals surface area contributed by atoms with Gasteiger partial charge in [-0.2, -0.15) is 5.10 Å². The molecule has 0 bridgehead atoms. The summed E-state index contributed by atoms with van der Waals surface area (Å²) in [7, 11) is 1.87. The minimum absolute atomic E-state index is 0.389. The lowest BCUT2D eigenvalue weighted by Crippen LogP contribution is -2.04. The highest BCUT2D eigenvalue weighted by molar-refractivity contribution is 9.10. The fourth-order valence-electron chi connectivity index (χ4n) is 1.54. The molecule has 0 N–H and O–H groups in total. The molecule has 0 spiro atoms. The van der Waals surface area contributed by atoms with E-state index in [1.807, 2.05) is 14.0 Å². The Morgan fingerprint density at radius 1 is 1.50 bits per heavy atom. The minimum atomic E-state index is 0.389.